The van der Waals surface area contributed by atoms with Gasteiger partial charge >= 0.3 is 0 Å². The molecule has 0 saturated heterocycles. The minimum Gasteiger partial charge on any atom is -0.492 e. The zero-order chi connectivity index (χ0) is 11.0. The molecule has 0 radical (unpaired) electrons. The van der Waals surface area contributed by atoms with E-state index in [1.807, 2.05) is 12.1 Å². The molecule has 0 aliphatic carbocycles. The first-order valence-corrected chi connectivity index (χ1v) is 5.17. The molecule has 2 N–H and O–H groups in total. The zero-order valence-corrected chi connectivity index (χ0v) is 8.68. The van der Waals surface area contributed by atoms with Gasteiger partial charge in [0.1, 0.15) is 17.9 Å². The van der Waals surface area contributed by atoms with E-state index in [9.17, 15) is 0 Å². The summed E-state index contributed by atoms with van der Waals surface area (Å²) in [5.74, 6) is 1.40. The van der Waals surface area contributed by atoms with Crippen molar-refractivity contribution in [3.63, 3.8) is 0 Å². The van der Waals surface area contributed by atoms with Crippen LogP contribution in [0.3, 0.4) is 0 Å². The molecule has 2 aromatic rings. The third-order valence-electron chi connectivity index (χ3n) is 2.68. The number of anilines is 1. The molecule has 0 amide bonds. The van der Waals surface area contributed by atoms with Crippen molar-refractivity contribution in [2.45, 2.75) is 6.42 Å². The zero-order valence-electron chi connectivity index (χ0n) is 8.68. The number of ether oxygens (including phenoxy) is 1. The Morgan fingerprint density at radius 2 is 2.19 bits per heavy atom. The van der Waals surface area contributed by atoms with Gasteiger partial charge in [-0.3, -0.25) is 0 Å². The Morgan fingerprint density at radius 1 is 1.25 bits per heavy atom. The number of rotatable bonds is 1. The summed E-state index contributed by atoms with van der Waals surface area (Å²) in [5.41, 5.74) is 8.68. The Morgan fingerprint density at radius 3 is 3.06 bits per heavy atom. The van der Waals surface area contributed by atoms with Gasteiger partial charge in [0, 0.05) is 18.1 Å². The van der Waals surface area contributed by atoms with Crippen LogP contribution >= 0.6 is 0 Å². The van der Waals surface area contributed by atoms with E-state index in [1.54, 1.807) is 6.07 Å². The van der Waals surface area contributed by atoms with Gasteiger partial charge in [0.15, 0.2) is 0 Å². The Balaban J connectivity index is 2.17. The molecule has 16 heavy (non-hydrogen) atoms. The van der Waals surface area contributed by atoms with E-state index in [0.717, 1.165) is 30.0 Å². The highest BCUT2D eigenvalue weighted by atomic mass is 16.5. The predicted molar refractivity (Wildman–Crippen MR) is 61.1 cm³/mol. The van der Waals surface area contributed by atoms with Crippen molar-refractivity contribution in [1.29, 1.82) is 0 Å². The number of para-hydroxylation sites is 1. The first-order valence-electron chi connectivity index (χ1n) is 5.17. The van der Waals surface area contributed by atoms with E-state index in [2.05, 4.69) is 16.0 Å². The van der Waals surface area contributed by atoms with Crippen LogP contribution in [-0.2, 0) is 6.42 Å². The monoisotopic (exact) mass is 213 g/mol. The number of hydrogen-bond donors (Lipinski definition) is 1. The summed E-state index contributed by atoms with van der Waals surface area (Å²) in [6, 6.07) is 7.85. The molecule has 0 atom stereocenters. The summed E-state index contributed by atoms with van der Waals surface area (Å²) in [6.07, 6.45) is 2.43. The van der Waals surface area contributed by atoms with E-state index < -0.39 is 0 Å². The second-order valence-electron chi connectivity index (χ2n) is 3.72. The summed E-state index contributed by atoms with van der Waals surface area (Å²) < 4.78 is 5.62. The predicted octanol–water partition coefficient (Wildman–Crippen LogP) is 1.66. The molecular weight excluding hydrogens is 202 g/mol. The number of benzene rings is 1. The Hall–Kier alpha value is -2.10. The van der Waals surface area contributed by atoms with Crippen LogP contribution in [0, 0.1) is 0 Å². The molecule has 4 nitrogen and oxygen atoms in total. The van der Waals surface area contributed by atoms with Crippen LogP contribution in [0.5, 0.6) is 5.75 Å². The van der Waals surface area contributed by atoms with Crippen LogP contribution in [0.25, 0.3) is 11.3 Å². The fraction of sp³-hybridized carbons (Fsp3) is 0.167. The average Bonchev–Trinajstić information content (AvgIpc) is 2.76. The van der Waals surface area contributed by atoms with Crippen molar-refractivity contribution in [3.05, 3.63) is 36.2 Å². The molecule has 80 valence electrons. The number of aromatic nitrogens is 2. The maximum atomic E-state index is 5.65. The van der Waals surface area contributed by atoms with Gasteiger partial charge in [-0.1, -0.05) is 12.1 Å². The normalized spacial score (nSPS) is 13.2. The third kappa shape index (κ3) is 1.39. The molecule has 0 spiro atoms. The van der Waals surface area contributed by atoms with Crippen LogP contribution in [0.15, 0.2) is 30.6 Å². The second kappa shape index (κ2) is 3.48. The van der Waals surface area contributed by atoms with E-state index in [0.29, 0.717) is 5.82 Å². The number of nitrogens with two attached hydrogens (primary N) is 1. The van der Waals surface area contributed by atoms with E-state index in [1.165, 1.54) is 11.9 Å². The molecule has 3 rings (SSSR count). The molecular formula is C12H11N3O. The van der Waals surface area contributed by atoms with Crippen LogP contribution < -0.4 is 10.5 Å². The highest BCUT2D eigenvalue weighted by Gasteiger charge is 2.17. The Bertz CT molecular complexity index is 540. The molecule has 1 aromatic carbocycles. The molecule has 4 heteroatoms. The summed E-state index contributed by atoms with van der Waals surface area (Å²) in [6.45, 7) is 0.743. The molecule has 1 aromatic heterocycles. The Kier molecular flexibility index (Phi) is 1.99. The second-order valence-corrected chi connectivity index (χ2v) is 3.72. The number of nitrogen functional groups attached to an aromatic ring is 1. The van der Waals surface area contributed by atoms with Crippen molar-refractivity contribution >= 4 is 5.82 Å². The molecule has 2 heterocycles. The van der Waals surface area contributed by atoms with Crippen LogP contribution in [0.4, 0.5) is 5.82 Å². The van der Waals surface area contributed by atoms with Crippen molar-refractivity contribution in [2.24, 2.45) is 0 Å². The minimum absolute atomic E-state index is 0.473. The highest BCUT2D eigenvalue weighted by molar-refractivity contribution is 5.71. The van der Waals surface area contributed by atoms with Crippen molar-refractivity contribution in [1.82, 2.24) is 9.97 Å². The van der Waals surface area contributed by atoms with Crippen LogP contribution in [0.1, 0.15) is 5.56 Å². The first kappa shape index (κ1) is 9.15. The number of hydrogen-bond acceptors (Lipinski definition) is 4. The lowest BCUT2D eigenvalue weighted by molar-refractivity contribution is 0.358. The lowest BCUT2D eigenvalue weighted by Crippen LogP contribution is -1.94. The standard InChI is InChI=1S/C12H11N3O/c13-11-6-10(14-7-15-11)9-3-1-2-8-4-5-16-12(8)9/h1-3,6-7H,4-5H2,(H2,13,14,15). The van der Waals surface area contributed by atoms with E-state index in [4.69, 9.17) is 10.5 Å². The number of fused-ring (bicyclic) bond motifs is 1. The first-order chi connectivity index (χ1) is 7.84. The third-order valence-corrected chi connectivity index (χ3v) is 2.68. The van der Waals surface area contributed by atoms with Gasteiger partial charge < -0.3 is 10.5 Å². The van der Waals surface area contributed by atoms with E-state index >= 15 is 0 Å². The van der Waals surface area contributed by atoms with Gasteiger partial charge in [0.05, 0.1) is 12.3 Å². The lowest BCUT2D eigenvalue weighted by Gasteiger charge is -2.07. The molecule has 0 fully saturated rings. The topological polar surface area (TPSA) is 61.0 Å². The van der Waals surface area contributed by atoms with Crippen molar-refractivity contribution < 1.29 is 4.74 Å². The maximum absolute atomic E-state index is 5.65. The van der Waals surface area contributed by atoms with Gasteiger partial charge in [-0.05, 0) is 11.6 Å². The van der Waals surface area contributed by atoms with Gasteiger partial charge in [-0.2, -0.15) is 0 Å². The van der Waals surface area contributed by atoms with Gasteiger partial charge in [-0.15, -0.1) is 0 Å². The SMILES string of the molecule is Nc1cc(-c2cccc3c2OCC3)ncn1. The fourth-order valence-corrected chi connectivity index (χ4v) is 1.94. The smallest absolute Gasteiger partial charge is 0.132 e. The summed E-state index contributed by atoms with van der Waals surface area (Å²) in [5, 5.41) is 0. The Labute approximate surface area is 93.1 Å². The molecule has 1 aliphatic heterocycles. The average molecular weight is 213 g/mol. The van der Waals surface area contributed by atoms with Gasteiger partial charge in [-0.25, -0.2) is 9.97 Å². The van der Waals surface area contributed by atoms with E-state index in [-0.39, 0.29) is 0 Å². The van der Waals surface area contributed by atoms with Crippen molar-refractivity contribution in [2.75, 3.05) is 12.3 Å². The van der Waals surface area contributed by atoms with Crippen LogP contribution in [-0.4, -0.2) is 16.6 Å². The largest absolute Gasteiger partial charge is 0.492 e. The quantitative estimate of drug-likeness (QED) is 0.782. The highest BCUT2D eigenvalue weighted by Crippen LogP contribution is 2.35. The lowest BCUT2D eigenvalue weighted by atomic mass is 10.1. The molecule has 0 unspecified atom stereocenters. The number of nitrogens with zero attached hydrogens (tertiary/aromatic N) is 2. The summed E-state index contributed by atoms with van der Waals surface area (Å²) >= 11 is 0. The summed E-state index contributed by atoms with van der Waals surface area (Å²) in [7, 11) is 0. The minimum atomic E-state index is 0.473. The van der Waals surface area contributed by atoms with Gasteiger partial charge in [0.25, 0.3) is 0 Å². The molecule has 1 aliphatic rings. The van der Waals surface area contributed by atoms with Crippen LogP contribution in [0.2, 0.25) is 0 Å². The van der Waals surface area contributed by atoms with Crippen molar-refractivity contribution in [3.8, 4) is 17.0 Å². The molecule has 0 bridgehead atoms. The summed E-state index contributed by atoms with van der Waals surface area (Å²) in [4.78, 5) is 8.10. The fourth-order valence-electron chi connectivity index (χ4n) is 1.94. The van der Waals surface area contributed by atoms with Gasteiger partial charge in [0.2, 0.25) is 0 Å². The molecule has 0 saturated carbocycles. The maximum Gasteiger partial charge on any atom is 0.132 e.